The average molecular weight is 255 g/mol. The molecular weight excluding hydrogens is 234 g/mol. The van der Waals surface area contributed by atoms with Gasteiger partial charge in [-0.05, 0) is 39.5 Å². The maximum absolute atomic E-state index is 10.0. The fraction of sp³-hybridized carbons (Fsp3) is 0.769. The van der Waals surface area contributed by atoms with E-state index in [9.17, 15) is 5.11 Å². The van der Waals surface area contributed by atoms with Gasteiger partial charge in [-0.15, -0.1) is 11.3 Å². The van der Waals surface area contributed by atoms with Gasteiger partial charge in [0.25, 0.3) is 0 Å². The molecule has 0 saturated carbocycles. The van der Waals surface area contributed by atoms with E-state index in [1.54, 1.807) is 11.3 Å². The van der Waals surface area contributed by atoms with Crippen LogP contribution in [0.5, 0.6) is 0 Å². The van der Waals surface area contributed by atoms with E-state index in [2.05, 4.69) is 11.9 Å². The van der Waals surface area contributed by atoms with Crippen LogP contribution in [0.25, 0.3) is 0 Å². The predicted molar refractivity (Wildman–Crippen MR) is 69.5 cm³/mol. The largest absolute Gasteiger partial charge is 0.393 e. The minimum atomic E-state index is -0.317. The summed E-state index contributed by atoms with van der Waals surface area (Å²) in [4.78, 5) is 5.71. The van der Waals surface area contributed by atoms with Gasteiger partial charge in [0.15, 0.2) is 0 Å². The number of aliphatic hydroxyl groups excluding tert-OH is 1. The van der Waals surface area contributed by atoms with Gasteiger partial charge < -0.3 is 9.84 Å². The molecule has 0 bridgehead atoms. The summed E-state index contributed by atoms with van der Waals surface area (Å²) in [5.74, 6) is 0. The van der Waals surface area contributed by atoms with Crippen molar-refractivity contribution in [2.24, 2.45) is 0 Å². The minimum Gasteiger partial charge on any atom is -0.393 e. The zero-order valence-corrected chi connectivity index (χ0v) is 11.4. The van der Waals surface area contributed by atoms with Gasteiger partial charge in [0, 0.05) is 17.9 Å². The molecule has 1 aromatic rings. The smallest absolute Gasteiger partial charge is 0.0956 e. The van der Waals surface area contributed by atoms with Crippen LogP contribution in [-0.2, 0) is 11.2 Å². The molecule has 1 N–H and O–H groups in total. The molecule has 2 rings (SSSR count). The molecule has 0 radical (unpaired) electrons. The Morgan fingerprint density at radius 1 is 1.47 bits per heavy atom. The SMILES string of the molecule is Cc1nc(CC(O)CC2CCCCO2)sc1C. The van der Waals surface area contributed by atoms with Crippen LogP contribution in [0.1, 0.15) is 41.3 Å². The number of thiazole rings is 1. The van der Waals surface area contributed by atoms with Crippen LogP contribution < -0.4 is 0 Å². The van der Waals surface area contributed by atoms with E-state index in [0.29, 0.717) is 6.42 Å². The Kier molecular flexibility index (Phi) is 4.54. The van der Waals surface area contributed by atoms with E-state index in [4.69, 9.17) is 4.74 Å². The first-order valence-electron chi connectivity index (χ1n) is 6.37. The second kappa shape index (κ2) is 5.94. The highest BCUT2D eigenvalue weighted by molar-refractivity contribution is 7.11. The highest BCUT2D eigenvalue weighted by Crippen LogP contribution is 2.21. The molecule has 0 spiro atoms. The van der Waals surface area contributed by atoms with Crippen molar-refractivity contribution in [1.82, 2.24) is 4.98 Å². The van der Waals surface area contributed by atoms with E-state index < -0.39 is 0 Å². The molecule has 2 unspecified atom stereocenters. The van der Waals surface area contributed by atoms with Gasteiger partial charge >= 0.3 is 0 Å². The summed E-state index contributed by atoms with van der Waals surface area (Å²) in [6, 6.07) is 0. The van der Waals surface area contributed by atoms with Crippen LogP contribution >= 0.6 is 11.3 Å². The van der Waals surface area contributed by atoms with Gasteiger partial charge in [-0.1, -0.05) is 0 Å². The van der Waals surface area contributed by atoms with Crippen LogP contribution in [-0.4, -0.2) is 28.9 Å². The maximum Gasteiger partial charge on any atom is 0.0956 e. The van der Waals surface area contributed by atoms with Gasteiger partial charge in [0.1, 0.15) is 0 Å². The third-order valence-corrected chi connectivity index (χ3v) is 4.39. The molecule has 0 aromatic carbocycles. The van der Waals surface area contributed by atoms with Gasteiger partial charge in [0.05, 0.1) is 22.9 Å². The summed E-state index contributed by atoms with van der Waals surface area (Å²) in [6.07, 6.45) is 4.83. The van der Waals surface area contributed by atoms with Crippen LogP contribution in [0.15, 0.2) is 0 Å². The molecule has 1 aliphatic heterocycles. The molecular formula is C13H21NO2S. The highest BCUT2D eigenvalue weighted by atomic mass is 32.1. The molecule has 0 aliphatic carbocycles. The number of rotatable bonds is 4. The third-order valence-electron chi connectivity index (χ3n) is 3.29. The minimum absolute atomic E-state index is 0.251. The molecule has 3 nitrogen and oxygen atoms in total. The number of ether oxygens (including phenoxy) is 1. The van der Waals surface area contributed by atoms with Crippen molar-refractivity contribution < 1.29 is 9.84 Å². The van der Waals surface area contributed by atoms with Gasteiger partial charge in [-0.2, -0.15) is 0 Å². The zero-order valence-electron chi connectivity index (χ0n) is 10.6. The van der Waals surface area contributed by atoms with Crippen molar-refractivity contribution in [2.75, 3.05) is 6.61 Å². The maximum atomic E-state index is 10.0. The molecule has 1 fully saturated rings. The molecule has 96 valence electrons. The monoisotopic (exact) mass is 255 g/mol. The quantitative estimate of drug-likeness (QED) is 0.899. The lowest BCUT2D eigenvalue weighted by molar-refractivity contribution is -0.0147. The Balaban J connectivity index is 1.81. The molecule has 1 aromatic heterocycles. The number of hydrogen-bond acceptors (Lipinski definition) is 4. The topological polar surface area (TPSA) is 42.4 Å². The summed E-state index contributed by atoms with van der Waals surface area (Å²) in [5.41, 5.74) is 1.09. The Morgan fingerprint density at radius 2 is 2.29 bits per heavy atom. The second-order valence-electron chi connectivity index (χ2n) is 4.83. The van der Waals surface area contributed by atoms with Crippen LogP contribution in [0.3, 0.4) is 0 Å². The Morgan fingerprint density at radius 3 is 2.88 bits per heavy atom. The van der Waals surface area contributed by atoms with Crippen LogP contribution in [0.4, 0.5) is 0 Å². The first-order chi connectivity index (χ1) is 8.15. The fourth-order valence-corrected chi connectivity index (χ4v) is 3.21. The van der Waals surface area contributed by atoms with E-state index in [0.717, 1.165) is 36.6 Å². The molecule has 4 heteroatoms. The third kappa shape index (κ3) is 3.76. The fourth-order valence-electron chi connectivity index (χ4n) is 2.21. The van der Waals surface area contributed by atoms with Crippen molar-refractivity contribution in [3.63, 3.8) is 0 Å². The normalized spacial score (nSPS) is 22.6. The summed E-state index contributed by atoms with van der Waals surface area (Å²) >= 11 is 1.69. The van der Waals surface area contributed by atoms with E-state index in [1.165, 1.54) is 11.3 Å². The number of aromatic nitrogens is 1. The number of hydrogen-bond donors (Lipinski definition) is 1. The average Bonchev–Trinajstić information content (AvgIpc) is 2.59. The van der Waals surface area contributed by atoms with E-state index in [-0.39, 0.29) is 12.2 Å². The number of aryl methyl sites for hydroxylation is 2. The van der Waals surface area contributed by atoms with Gasteiger partial charge in [-0.3, -0.25) is 0 Å². The van der Waals surface area contributed by atoms with E-state index in [1.807, 2.05) is 6.92 Å². The highest BCUT2D eigenvalue weighted by Gasteiger charge is 2.19. The number of nitrogens with zero attached hydrogens (tertiary/aromatic N) is 1. The Labute approximate surface area is 107 Å². The lowest BCUT2D eigenvalue weighted by Crippen LogP contribution is -2.25. The van der Waals surface area contributed by atoms with E-state index >= 15 is 0 Å². The second-order valence-corrected chi connectivity index (χ2v) is 6.12. The standard InChI is InChI=1S/C13H21NO2S/c1-9-10(2)17-13(14-9)8-11(15)7-12-5-3-4-6-16-12/h11-12,15H,3-8H2,1-2H3. The molecule has 2 atom stereocenters. The van der Waals surface area contributed by atoms with Gasteiger partial charge in [0.2, 0.25) is 0 Å². The van der Waals surface area contributed by atoms with Crippen molar-refractivity contribution in [3.8, 4) is 0 Å². The predicted octanol–water partition coefficient (Wildman–Crippen LogP) is 2.62. The van der Waals surface area contributed by atoms with Crippen molar-refractivity contribution in [3.05, 3.63) is 15.6 Å². The zero-order chi connectivity index (χ0) is 12.3. The van der Waals surface area contributed by atoms with Crippen molar-refractivity contribution in [1.29, 1.82) is 0 Å². The molecule has 0 amide bonds. The van der Waals surface area contributed by atoms with Crippen molar-refractivity contribution in [2.45, 2.75) is 58.2 Å². The lowest BCUT2D eigenvalue weighted by Gasteiger charge is -2.24. The first kappa shape index (κ1) is 13.0. The Hall–Kier alpha value is -0.450. The number of aliphatic hydroxyl groups is 1. The summed E-state index contributed by atoms with van der Waals surface area (Å²) in [6.45, 7) is 4.95. The summed E-state index contributed by atoms with van der Waals surface area (Å²) < 4.78 is 5.64. The summed E-state index contributed by atoms with van der Waals surface area (Å²) in [5, 5.41) is 11.1. The lowest BCUT2D eigenvalue weighted by atomic mass is 10.0. The molecule has 1 aliphatic rings. The molecule has 17 heavy (non-hydrogen) atoms. The van der Waals surface area contributed by atoms with Crippen LogP contribution in [0, 0.1) is 13.8 Å². The first-order valence-corrected chi connectivity index (χ1v) is 7.19. The summed E-state index contributed by atoms with van der Waals surface area (Å²) in [7, 11) is 0. The Bertz CT molecular complexity index is 339. The molecule has 2 heterocycles. The molecule has 1 saturated heterocycles. The van der Waals surface area contributed by atoms with Gasteiger partial charge in [-0.25, -0.2) is 4.98 Å². The van der Waals surface area contributed by atoms with Crippen LogP contribution in [0.2, 0.25) is 0 Å². The van der Waals surface area contributed by atoms with Crippen molar-refractivity contribution >= 4 is 11.3 Å².